The zero-order chi connectivity index (χ0) is 21.0. The second kappa shape index (κ2) is 12.5. The van der Waals surface area contributed by atoms with Crippen LogP contribution in [0.2, 0.25) is 0 Å². The van der Waals surface area contributed by atoms with Crippen molar-refractivity contribution >= 4 is 11.9 Å². The SMILES string of the molecule is CCC(C)(C)C(=O)OC.CCOC(C)OC(=O)c1ccc(C(C)CC)cc1. The number of rotatable bonds is 8. The zero-order valence-electron chi connectivity index (χ0n) is 18.1. The number of ether oxygens (including phenoxy) is 3. The summed E-state index contributed by atoms with van der Waals surface area (Å²) in [6.45, 7) is 14.2. The predicted octanol–water partition coefficient (Wildman–Crippen LogP) is 5.34. The van der Waals surface area contributed by atoms with Gasteiger partial charge in [0.25, 0.3) is 0 Å². The Hall–Kier alpha value is -1.88. The normalized spacial score (nSPS) is 13.0. The van der Waals surface area contributed by atoms with E-state index in [0.29, 0.717) is 18.1 Å². The minimum absolute atomic E-state index is 0.134. The Morgan fingerprint density at radius 2 is 1.59 bits per heavy atom. The predicted molar refractivity (Wildman–Crippen MR) is 108 cm³/mol. The van der Waals surface area contributed by atoms with E-state index in [1.165, 1.54) is 12.7 Å². The van der Waals surface area contributed by atoms with Crippen molar-refractivity contribution in [1.82, 2.24) is 0 Å². The molecule has 5 heteroatoms. The van der Waals surface area contributed by atoms with Gasteiger partial charge < -0.3 is 14.2 Å². The van der Waals surface area contributed by atoms with Crippen LogP contribution in [0, 0.1) is 5.41 Å². The molecule has 0 radical (unpaired) electrons. The molecule has 154 valence electrons. The van der Waals surface area contributed by atoms with Gasteiger partial charge in [0, 0.05) is 6.61 Å². The van der Waals surface area contributed by atoms with E-state index in [-0.39, 0.29) is 17.4 Å². The lowest BCUT2D eigenvalue weighted by Crippen LogP contribution is -2.24. The highest BCUT2D eigenvalue weighted by atomic mass is 16.7. The van der Waals surface area contributed by atoms with Gasteiger partial charge in [-0.3, -0.25) is 4.79 Å². The van der Waals surface area contributed by atoms with Crippen LogP contribution in [0.3, 0.4) is 0 Å². The standard InChI is InChI=1S/C15H22O3.C7H14O2/c1-5-11(3)13-7-9-14(10-8-13)15(16)18-12(4)17-6-2;1-5-7(2,3)6(8)9-4/h7-12H,5-6H2,1-4H3;5H2,1-4H3. The lowest BCUT2D eigenvalue weighted by molar-refractivity contribution is -0.150. The molecule has 0 saturated carbocycles. The molecule has 1 aromatic rings. The van der Waals surface area contributed by atoms with Gasteiger partial charge >= 0.3 is 11.9 Å². The highest BCUT2D eigenvalue weighted by Gasteiger charge is 2.25. The molecule has 0 aliphatic heterocycles. The zero-order valence-corrected chi connectivity index (χ0v) is 18.1. The van der Waals surface area contributed by atoms with Crippen LogP contribution in [0.25, 0.3) is 0 Å². The van der Waals surface area contributed by atoms with Crippen LogP contribution in [-0.2, 0) is 19.0 Å². The molecule has 0 aromatic heterocycles. The fourth-order valence-corrected chi connectivity index (χ4v) is 2.09. The van der Waals surface area contributed by atoms with Crippen molar-refractivity contribution < 1.29 is 23.8 Å². The van der Waals surface area contributed by atoms with Gasteiger partial charge in [-0.25, -0.2) is 4.79 Å². The summed E-state index contributed by atoms with van der Waals surface area (Å²) in [6.07, 6.45) is 1.40. The Morgan fingerprint density at radius 3 is 1.96 bits per heavy atom. The molecule has 0 N–H and O–H groups in total. The maximum absolute atomic E-state index is 11.8. The first-order chi connectivity index (χ1) is 12.6. The molecule has 0 aliphatic carbocycles. The maximum atomic E-state index is 11.8. The van der Waals surface area contributed by atoms with Crippen LogP contribution >= 0.6 is 0 Å². The molecule has 2 atom stereocenters. The molecule has 0 saturated heterocycles. The summed E-state index contributed by atoms with van der Waals surface area (Å²) in [7, 11) is 1.42. The minimum Gasteiger partial charge on any atom is -0.469 e. The Morgan fingerprint density at radius 1 is 1.04 bits per heavy atom. The molecule has 5 nitrogen and oxygen atoms in total. The summed E-state index contributed by atoms with van der Waals surface area (Å²) in [6, 6.07) is 7.58. The molecule has 1 aromatic carbocycles. The molecule has 1 rings (SSSR count). The van der Waals surface area contributed by atoms with E-state index in [4.69, 9.17) is 9.47 Å². The van der Waals surface area contributed by atoms with Crippen molar-refractivity contribution in [3.05, 3.63) is 35.4 Å². The van der Waals surface area contributed by atoms with Gasteiger partial charge in [0.1, 0.15) is 0 Å². The van der Waals surface area contributed by atoms with Crippen LogP contribution in [-0.4, -0.2) is 31.9 Å². The van der Waals surface area contributed by atoms with E-state index < -0.39 is 6.29 Å². The molecule has 2 unspecified atom stereocenters. The fourth-order valence-electron chi connectivity index (χ4n) is 2.09. The van der Waals surface area contributed by atoms with Crippen molar-refractivity contribution in [3.8, 4) is 0 Å². The van der Waals surface area contributed by atoms with Gasteiger partial charge in [0.2, 0.25) is 0 Å². The molecule has 0 spiro atoms. The van der Waals surface area contributed by atoms with Crippen molar-refractivity contribution in [1.29, 1.82) is 0 Å². The summed E-state index contributed by atoms with van der Waals surface area (Å²) in [5.41, 5.74) is 1.50. The van der Waals surface area contributed by atoms with Gasteiger partial charge in [-0.05, 0) is 64.2 Å². The summed E-state index contributed by atoms with van der Waals surface area (Å²) >= 11 is 0. The van der Waals surface area contributed by atoms with Crippen LogP contribution in [0.1, 0.15) is 83.1 Å². The first kappa shape index (κ1) is 25.1. The van der Waals surface area contributed by atoms with E-state index in [0.717, 1.165) is 12.8 Å². The van der Waals surface area contributed by atoms with Gasteiger partial charge in [0.15, 0.2) is 6.29 Å². The Bertz CT molecular complexity index is 563. The van der Waals surface area contributed by atoms with Crippen molar-refractivity contribution in [2.24, 2.45) is 5.41 Å². The molecule has 0 amide bonds. The van der Waals surface area contributed by atoms with Crippen molar-refractivity contribution in [2.75, 3.05) is 13.7 Å². The average Bonchev–Trinajstić information content (AvgIpc) is 2.67. The summed E-state index contributed by atoms with van der Waals surface area (Å²) in [5.74, 6) is 0.0362. The Kier molecular flexibility index (Phi) is 11.6. The van der Waals surface area contributed by atoms with Crippen LogP contribution in [0.4, 0.5) is 0 Å². The van der Waals surface area contributed by atoms with Crippen molar-refractivity contribution in [2.45, 2.75) is 73.5 Å². The molecule has 0 aliphatic rings. The third-order valence-corrected chi connectivity index (χ3v) is 4.62. The second-order valence-corrected chi connectivity index (χ2v) is 7.09. The molecule has 27 heavy (non-hydrogen) atoms. The van der Waals surface area contributed by atoms with Crippen molar-refractivity contribution in [3.63, 3.8) is 0 Å². The quantitative estimate of drug-likeness (QED) is 0.450. The van der Waals surface area contributed by atoms with Crippen LogP contribution < -0.4 is 0 Å². The highest BCUT2D eigenvalue weighted by Crippen LogP contribution is 2.20. The molecular formula is C22H36O5. The summed E-state index contributed by atoms with van der Waals surface area (Å²) in [4.78, 5) is 22.6. The summed E-state index contributed by atoms with van der Waals surface area (Å²) < 4.78 is 14.9. The minimum atomic E-state index is -0.503. The molecule has 0 bridgehead atoms. The van der Waals surface area contributed by atoms with E-state index in [9.17, 15) is 9.59 Å². The Balaban J connectivity index is 0.000000636. The topological polar surface area (TPSA) is 61.8 Å². The number of esters is 2. The third-order valence-electron chi connectivity index (χ3n) is 4.62. The maximum Gasteiger partial charge on any atom is 0.340 e. The second-order valence-electron chi connectivity index (χ2n) is 7.09. The molecular weight excluding hydrogens is 344 g/mol. The first-order valence-corrected chi connectivity index (χ1v) is 9.63. The monoisotopic (exact) mass is 380 g/mol. The highest BCUT2D eigenvalue weighted by molar-refractivity contribution is 5.89. The number of carbonyl (C=O) groups is 2. The number of methoxy groups -OCH3 is 1. The number of hydrogen-bond donors (Lipinski definition) is 0. The van der Waals surface area contributed by atoms with Gasteiger partial charge in [-0.1, -0.05) is 32.9 Å². The van der Waals surface area contributed by atoms with E-state index in [1.54, 1.807) is 6.92 Å². The smallest absolute Gasteiger partial charge is 0.340 e. The van der Waals surface area contributed by atoms with Gasteiger partial charge in [-0.15, -0.1) is 0 Å². The van der Waals surface area contributed by atoms with Gasteiger partial charge in [-0.2, -0.15) is 0 Å². The first-order valence-electron chi connectivity index (χ1n) is 9.63. The van der Waals surface area contributed by atoms with E-state index >= 15 is 0 Å². The number of carbonyl (C=O) groups excluding carboxylic acids is 2. The Labute approximate surface area is 164 Å². The lowest BCUT2D eigenvalue weighted by Gasteiger charge is -2.17. The molecule has 0 heterocycles. The summed E-state index contributed by atoms with van der Waals surface area (Å²) in [5, 5.41) is 0. The van der Waals surface area contributed by atoms with Crippen LogP contribution in [0.5, 0.6) is 0 Å². The molecule has 0 fully saturated rings. The van der Waals surface area contributed by atoms with E-state index in [1.807, 2.05) is 52.0 Å². The van der Waals surface area contributed by atoms with Crippen LogP contribution in [0.15, 0.2) is 24.3 Å². The van der Waals surface area contributed by atoms with E-state index in [2.05, 4.69) is 18.6 Å². The lowest BCUT2D eigenvalue weighted by atomic mass is 9.91. The third kappa shape index (κ3) is 9.05. The average molecular weight is 381 g/mol. The van der Waals surface area contributed by atoms with Gasteiger partial charge in [0.05, 0.1) is 18.1 Å². The number of hydrogen-bond acceptors (Lipinski definition) is 5. The largest absolute Gasteiger partial charge is 0.469 e. The number of benzene rings is 1. The fraction of sp³-hybridized carbons (Fsp3) is 0.636.